The number of methoxy groups -OCH3 is 1. The Morgan fingerprint density at radius 1 is 1.25 bits per heavy atom. The van der Waals surface area contributed by atoms with Crippen LogP contribution < -0.4 is 0 Å². The minimum atomic E-state index is -0.259. The van der Waals surface area contributed by atoms with Crippen molar-refractivity contribution in [3.8, 4) is 0 Å². The van der Waals surface area contributed by atoms with Crippen LogP contribution in [0.1, 0.15) is 24.8 Å². The predicted octanol–water partition coefficient (Wildman–Crippen LogP) is 3.38. The average molecular weight is 294 g/mol. The first-order valence-corrected chi connectivity index (χ1v) is 7.33. The molecule has 0 unspecified atom stereocenters. The molecule has 0 bridgehead atoms. The highest BCUT2D eigenvalue weighted by Crippen LogP contribution is 2.16. The molecule has 108 valence electrons. The van der Waals surface area contributed by atoms with Crippen LogP contribution in [0, 0.1) is 0 Å². The Labute approximate surface area is 125 Å². The molecular formula is C16H20ClNO2. The fraction of sp³-hybridized carbons (Fsp3) is 0.438. The highest BCUT2D eigenvalue weighted by Gasteiger charge is 2.16. The number of likely N-dealkylation sites (tertiary alicyclic amines) is 1. The number of hydrogen-bond acceptors (Lipinski definition) is 3. The van der Waals surface area contributed by atoms with E-state index in [1.54, 1.807) is 0 Å². The van der Waals surface area contributed by atoms with E-state index in [-0.39, 0.29) is 5.97 Å². The van der Waals surface area contributed by atoms with E-state index < -0.39 is 0 Å². The van der Waals surface area contributed by atoms with Gasteiger partial charge in [-0.05, 0) is 49.7 Å². The summed E-state index contributed by atoms with van der Waals surface area (Å²) < 4.78 is 4.89. The van der Waals surface area contributed by atoms with Crippen LogP contribution in [-0.2, 0) is 9.53 Å². The topological polar surface area (TPSA) is 29.5 Å². The van der Waals surface area contributed by atoms with Crippen LogP contribution in [0.2, 0.25) is 5.02 Å². The van der Waals surface area contributed by atoms with Crippen LogP contribution in [0.15, 0.2) is 29.8 Å². The highest BCUT2D eigenvalue weighted by atomic mass is 35.5. The molecule has 1 aliphatic heterocycles. The number of rotatable bonds is 4. The third kappa shape index (κ3) is 4.36. The molecule has 0 aliphatic carbocycles. The maximum atomic E-state index is 11.9. The number of carbonyl (C=O) groups is 1. The van der Waals surface area contributed by atoms with Gasteiger partial charge in [0.1, 0.15) is 0 Å². The fourth-order valence-corrected chi connectivity index (χ4v) is 2.54. The van der Waals surface area contributed by atoms with Crippen molar-refractivity contribution in [2.45, 2.75) is 19.3 Å². The van der Waals surface area contributed by atoms with Gasteiger partial charge in [0.15, 0.2) is 0 Å². The Morgan fingerprint density at radius 2 is 1.90 bits per heavy atom. The van der Waals surface area contributed by atoms with E-state index in [0.29, 0.717) is 17.1 Å². The van der Waals surface area contributed by atoms with Gasteiger partial charge in [0.25, 0.3) is 0 Å². The van der Waals surface area contributed by atoms with Gasteiger partial charge in [0, 0.05) is 11.6 Å². The molecule has 1 aliphatic rings. The van der Waals surface area contributed by atoms with E-state index >= 15 is 0 Å². The lowest BCUT2D eigenvalue weighted by Crippen LogP contribution is -2.33. The normalized spacial score (nSPS) is 17.0. The number of esters is 1. The van der Waals surface area contributed by atoms with Gasteiger partial charge < -0.3 is 4.74 Å². The molecule has 0 atom stereocenters. The smallest absolute Gasteiger partial charge is 0.335 e. The standard InChI is InChI=1S/C16H20ClNO2/c1-20-16(19)14(12-18-9-3-2-4-10-18)11-13-5-7-15(17)8-6-13/h5-8,11H,2-4,9-10,12H2,1H3. The lowest BCUT2D eigenvalue weighted by Gasteiger charge is -2.26. The summed E-state index contributed by atoms with van der Waals surface area (Å²) >= 11 is 5.87. The highest BCUT2D eigenvalue weighted by molar-refractivity contribution is 6.30. The van der Waals surface area contributed by atoms with Crippen molar-refractivity contribution >= 4 is 23.6 Å². The number of halogens is 1. The summed E-state index contributed by atoms with van der Waals surface area (Å²) in [7, 11) is 1.42. The Kier molecular flexibility index (Phi) is 5.62. The molecule has 2 rings (SSSR count). The Balaban J connectivity index is 2.13. The summed E-state index contributed by atoms with van der Waals surface area (Å²) in [5.74, 6) is -0.259. The van der Waals surface area contributed by atoms with E-state index in [2.05, 4.69) is 4.90 Å². The molecule has 1 fully saturated rings. The summed E-state index contributed by atoms with van der Waals surface area (Å²) in [5, 5.41) is 0.692. The van der Waals surface area contributed by atoms with Crippen LogP contribution in [-0.4, -0.2) is 37.6 Å². The summed E-state index contributed by atoms with van der Waals surface area (Å²) in [5.41, 5.74) is 1.66. The lowest BCUT2D eigenvalue weighted by molar-refractivity contribution is -0.136. The van der Waals surface area contributed by atoms with Crippen LogP contribution >= 0.6 is 11.6 Å². The zero-order chi connectivity index (χ0) is 14.4. The summed E-state index contributed by atoms with van der Waals surface area (Å²) in [6.07, 6.45) is 5.58. The van der Waals surface area contributed by atoms with Gasteiger partial charge in [0.2, 0.25) is 0 Å². The number of nitrogens with zero attached hydrogens (tertiary/aromatic N) is 1. The van der Waals surface area contributed by atoms with Crippen molar-refractivity contribution in [3.05, 3.63) is 40.4 Å². The molecule has 1 heterocycles. The van der Waals surface area contributed by atoms with Gasteiger partial charge in [-0.15, -0.1) is 0 Å². The second kappa shape index (κ2) is 7.46. The van der Waals surface area contributed by atoms with Crippen molar-refractivity contribution in [1.82, 2.24) is 4.90 Å². The Morgan fingerprint density at radius 3 is 2.50 bits per heavy atom. The minimum absolute atomic E-state index is 0.259. The van der Waals surface area contributed by atoms with E-state index in [0.717, 1.165) is 18.7 Å². The van der Waals surface area contributed by atoms with Crippen molar-refractivity contribution in [3.63, 3.8) is 0 Å². The summed E-state index contributed by atoms with van der Waals surface area (Å²) in [6.45, 7) is 2.75. The van der Waals surface area contributed by atoms with E-state index in [9.17, 15) is 4.79 Å². The summed E-state index contributed by atoms with van der Waals surface area (Å²) in [6, 6.07) is 7.45. The summed E-state index contributed by atoms with van der Waals surface area (Å²) in [4.78, 5) is 14.2. The molecule has 0 spiro atoms. The molecule has 0 saturated carbocycles. The lowest BCUT2D eigenvalue weighted by atomic mass is 10.1. The zero-order valence-corrected chi connectivity index (χ0v) is 12.5. The second-order valence-electron chi connectivity index (χ2n) is 5.05. The van der Waals surface area contributed by atoms with Gasteiger partial charge in [-0.1, -0.05) is 30.2 Å². The molecular weight excluding hydrogens is 274 g/mol. The molecule has 0 aromatic heterocycles. The fourth-order valence-electron chi connectivity index (χ4n) is 2.42. The van der Waals surface area contributed by atoms with Gasteiger partial charge in [0.05, 0.1) is 12.7 Å². The molecule has 0 radical (unpaired) electrons. The molecule has 1 saturated heterocycles. The van der Waals surface area contributed by atoms with Crippen LogP contribution in [0.4, 0.5) is 0 Å². The van der Waals surface area contributed by atoms with Crippen molar-refractivity contribution < 1.29 is 9.53 Å². The van der Waals surface area contributed by atoms with Gasteiger partial charge >= 0.3 is 5.97 Å². The largest absolute Gasteiger partial charge is 0.466 e. The van der Waals surface area contributed by atoms with E-state index in [1.165, 1.54) is 26.4 Å². The number of carbonyl (C=O) groups excluding carboxylic acids is 1. The van der Waals surface area contributed by atoms with Crippen molar-refractivity contribution in [2.24, 2.45) is 0 Å². The molecule has 4 heteroatoms. The van der Waals surface area contributed by atoms with Crippen LogP contribution in [0.25, 0.3) is 6.08 Å². The third-order valence-corrected chi connectivity index (χ3v) is 3.75. The molecule has 20 heavy (non-hydrogen) atoms. The quantitative estimate of drug-likeness (QED) is 0.629. The minimum Gasteiger partial charge on any atom is -0.466 e. The van der Waals surface area contributed by atoms with Crippen molar-refractivity contribution in [1.29, 1.82) is 0 Å². The first-order chi connectivity index (χ1) is 9.69. The van der Waals surface area contributed by atoms with Gasteiger partial charge in [-0.2, -0.15) is 0 Å². The average Bonchev–Trinajstić information content (AvgIpc) is 2.49. The Hall–Kier alpha value is -1.32. The Bertz CT molecular complexity index is 476. The first kappa shape index (κ1) is 15.1. The van der Waals surface area contributed by atoms with Crippen LogP contribution in [0.3, 0.4) is 0 Å². The first-order valence-electron chi connectivity index (χ1n) is 6.96. The number of benzene rings is 1. The second-order valence-corrected chi connectivity index (χ2v) is 5.49. The number of hydrogen-bond donors (Lipinski definition) is 0. The SMILES string of the molecule is COC(=O)C(=Cc1ccc(Cl)cc1)CN1CCCCC1. The maximum absolute atomic E-state index is 11.9. The molecule has 1 aromatic rings. The number of ether oxygens (including phenoxy) is 1. The predicted molar refractivity (Wildman–Crippen MR) is 81.7 cm³/mol. The van der Waals surface area contributed by atoms with Crippen molar-refractivity contribution in [2.75, 3.05) is 26.7 Å². The van der Waals surface area contributed by atoms with Gasteiger partial charge in [-0.25, -0.2) is 4.79 Å². The number of piperidine rings is 1. The molecule has 3 nitrogen and oxygen atoms in total. The third-order valence-electron chi connectivity index (χ3n) is 3.50. The molecule has 1 aromatic carbocycles. The van der Waals surface area contributed by atoms with E-state index in [1.807, 2.05) is 30.3 Å². The maximum Gasteiger partial charge on any atom is 0.335 e. The molecule has 0 N–H and O–H groups in total. The zero-order valence-electron chi connectivity index (χ0n) is 11.8. The van der Waals surface area contributed by atoms with Gasteiger partial charge in [-0.3, -0.25) is 4.90 Å². The molecule has 0 amide bonds. The monoisotopic (exact) mass is 293 g/mol. The van der Waals surface area contributed by atoms with E-state index in [4.69, 9.17) is 16.3 Å². The van der Waals surface area contributed by atoms with Crippen LogP contribution in [0.5, 0.6) is 0 Å².